The van der Waals surface area contributed by atoms with Crippen LogP contribution in [0.25, 0.3) is 5.52 Å². The van der Waals surface area contributed by atoms with Crippen molar-refractivity contribution in [1.29, 1.82) is 0 Å². The maximum absolute atomic E-state index is 11.9. The number of hydrogen-bond donors (Lipinski definition) is 0. The first-order valence-electron chi connectivity index (χ1n) is 5.43. The molecule has 4 nitrogen and oxygen atoms in total. The predicted octanol–water partition coefficient (Wildman–Crippen LogP) is 2.24. The number of halogens is 1. The molecule has 0 aliphatic carbocycles. The van der Waals surface area contributed by atoms with Crippen molar-refractivity contribution in [3.05, 3.63) is 35.4 Å². The van der Waals surface area contributed by atoms with Crippen LogP contribution in [0.1, 0.15) is 23.9 Å². The zero-order chi connectivity index (χ0) is 12.0. The van der Waals surface area contributed by atoms with E-state index in [-0.39, 0.29) is 5.75 Å². The van der Waals surface area contributed by atoms with Crippen LogP contribution in [0, 0.1) is 0 Å². The summed E-state index contributed by atoms with van der Waals surface area (Å²) in [6, 6.07) is 5.43. The topological polar surface area (TPSA) is 51.4 Å². The van der Waals surface area contributed by atoms with Crippen LogP contribution in [0.15, 0.2) is 24.4 Å². The highest BCUT2D eigenvalue weighted by atomic mass is 35.5. The number of sulfone groups is 1. The minimum Gasteiger partial charge on any atom is -0.286 e. The van der Waals surface area contributed by atoms with Crippen molar-refractivity contribution >= 4 is 27.0 Å². The van der Waals surface area contributed by atoms with Crippen molar-refractivity contribution in [3.8, 4) is 0 Å². The molecule has 1 unspecified atom stereocenters. The summed E-state index contributed by atoms with van der Waals surface area (Å²) in [5.74, 6) is 0.792. The molecule has 1 aliphatic heterocycles. The molecule has 2 aromatic heterocycles. The summed E-state index contributed by atoms with van der Waals surface area (Å²) in [7, 11) is -3.06. The summed E-state index contributed by atoms with van der Waals surface area (Å²) in [6.07, 6.45) is 2.99. The van der Waals surface area contributed by atoms with Gasteiger partial charge in [0.15, 0.2) is 9.84 Å². The molecule has 0 radical (unpaired) electrons. The van der Waals surface area contributed by atoms with Crippen molar-refractivity contribution in [2.75, 3.05) is 5.75 Å². The molecule has 1 aliphatic rings. The van der Waals surface area contributed by atoms with Crippen LogP contribution < -0.4 is 0 Å². The number of aromatic nitrogens is 2. The van der Waals surface area contributed by atoms with Gasteiger partial charge in [0.25, 0.3) is 0 Å². The number of rotatable bonds is 1. The highest BCUT2D eigenvalue weighted by molar-refractivity contribution is 7.91. The van der Waals surface area contributed by atoms with E-state index in [1.807, 2.05) is 12.1 Å². The molecular weight excluding hydrogens is 260 g/mol. The first kappa shape index (κ1) is 11.0. The van der Waals surface area contributed by atoms with Gasteiger partial charge in [-0.15, -0.1) is 0 Å². The van der Waals surface area contributed by atoms with Gasteiger partial charge in [0.2, 0.25) is 0 Å². The van der Waals surface area contributed by atoms with Gasteiger partial charge in [-0.25, -0.2) is 13.4 Å². The smallest absolute Gasteiger partial charge is 0.160 e. The van der Waals surface area contributed by atoms with Gasteiger partial charge >= 0.3 is 0 Å². The Bertz CT molecular complexity index is 678. The van der Waals surface area contributed by atoms with Crippen LogP contribution in [-0.2, 0) is 9.84 Å². The van der Waals surface area contributed by atoms with Crippen LogP contribution in [0.3, 0.4) is 0 Å². The molecule has 1 atom stereocenters. The minimum atomic E-state index is -3.06. The summed E-state index contributed by atoms with van der Waals surface area (Å²) in [4.78, 5) is 4.23. The van der Waals surface area contributed by atoms with Gasteiger partial charge < -0.3 is 0 Å². The van der Waals surface area contributed by atoms with Gasteiger partial charge in [-0.3, -0.25) is 4.40 Å². The van der Waals surface area contributed by atoms with Crippen LogP contribution in [0.4, 0.5) is 0 Å². The van der Waals surface area contributed by atoms with E-state index in [4.69, 9.17) is 11.6 Å². The molecule has 90 valence electrons. The van der Waals surface area contributed by atoms with Gasteiger partial charge in [-0.1, -0.05) is 17.7 Å². The predicted molar refractivity (Wildman–Crippen MR) is 66.0 cm³/mol. The van der Waals surface area contributed by atoms with Crippen molar-refractivity contribution in [1.82, 2.24) is 9.38 Å². The Morgan fingerprint density at radius 1 is 1.41 bits per heavy atom. The van der Waals surface area contributed by atoms with Crippen molar-refractivity contribution in [2.24, 2.45) is 0 Å². The molecule has 0 bridgehead atoms. The lowest BCUT2D eigenvalue weighted by Crippen LogP contribution is -2.11. The molecule has 3 heterocycles. The first-order valence-corrected chi connectivity index (χ1v) is 7.52. The van der Waals surface area contributed by atoms with Crippen LogP contribution in [-0.4, -0.2) is 23.6 Å². The lowest BCUT2D eigenvalue weighted by Gasteiger charge is -2.09. The zero-order valence-corrected chi connectivity index (χ0v) is 10.6. The summed E-state index contributed by atoms with van der Waals surface area (Å²) < 4.78 is 25.6. The molecular formula is C11H11ClN2O2S. The average molecular weight is 271 g/mol. The Morgan fingerprint density at radius 3 is 2.94 bits per heavy atom. The second-order valence-corrected chi connectivity index (χ2v) is 6.91. The summed E-state index contributed by atoms with van der Waals surface area (Å²) in [5.41, 5.74) is 0.828. The third-order valence-corrected chi connectivity index (χ3v) is 5.61. The normalized spacial score (nSPS) is 23.2. The number of fused-ring (bicyclic) bond motifs is 1. The zero-order valence-electron chi connectivity index (χ0n) is 9.01. The number of hydrogen-bond acceptors (Lipinski definition) is 3. The summed E-state index contributed by atoms with van der Waals surface area (Å²) in [6.45, 7) is 0. The first-order chi connectivity index (χ1) is 8.09. The third-order valence-electron chi connectivity index (χ3n) is 3.15. The maximum atomic E-state index is 11.9. The Hall–Kier alpha value is -1.07. The second-order valence-electron chi connectivity index (χ2n) is 4.22. The van der Waals surface area contributed by atoms with Crippen molar-refractivity contribution < 1.29 is 8.42 Å². The molecule has 0 aromatic carbocycles. The van der Waals surface area contributed by atoms with E-state index in [1.165, 1.54) is 0 Å². The lowest BCUT2D eigenvalue weighted by molar-refractivity contribution is 0.588. The molecule has 2 aromatic rings. The fourth-order valence-electron chi connectivity index (χ4n) is 2.34. The lowest BCUT2D eigenvalue weighted by atomic mass is 10.2. The van der Waals surface area contributed by atoms with Gasteiger partial charge in [0, 0.05) is 0 Å². The monoisotopic (exact) mass is 270 g/mol. The van der Waals surface area contributed by atoms with E-state index in [1.54, 1.807) is 16.7 Å². The highest BCUT2D eigenvalue weighted by Gasteiger charge is 2.35. The largest absolute Gasteiger partial charge is 0.286 e. The molecule has 0 saturated carbocycles. The Balaban J connectivity index is 2.25. The van der Waals surface area contributed by atoms with E-state index < -0.39 is 15.1 Å². The number of imidazole rings is 1. The third kappa shape index (κ3) is 1.65. The summed E-state index contributed by atoms with van der Waals surface area (Å²) in [5, 5.41) is -0.0120. The number of nitrogens with zero attached hydrogens (tertiary/aromatic N) is 2. The van der Waals surface area contributed by atoms with E-state index in [0.717, 1.165) is 5.52 Å². The van der Waals surface area contributed by atoms with E-state index in [0.29, 0.717) is 23.8 Å². The van der Waals surface area contributed by atoms with Crippen LogP contribution in [0.5, 0.6) is 0 Å². The van der Waals surface area contributed by atoms with E-state index in [9.17, 15) is 8.42 Å². The molecule has 17 heavy (non-hydrogen) atoms. The van der Waals surface area contributed by atoms with E-state index >= 15 is 0 Å². The van der Waals surface area contributed by atoms with Gasteiger partial charge in [0.1, 0.15) is 16.2 Å². The maximum Gasteiger partial charge on any atom is 0.160 e. The van der Waals surface area contributed by atoms with Crippen LogP contribution >= 0.6 is 11.6 Å². The SMILES string of the molecule is O=S1(=O)CCCC1c1ncc2cccc(Cl)n12. The fourth-order valence-corrected chi connectivity index (χ4v) is 4.46. The van der Waals surface area contributed by atoms with Crippen molar-refractivity contribution in [3.63, 3.8) is 0 Å². The Morgan fingerprint density at radius 2 is 2.24 bits per heavy atom. The average Bonchev–Trinajstić information content (AvgIpc) is 2.82. The standard InChI is InChI=1S/C11H11ClN2O2S/c12-10-5-1-3-8-7-13-11(14(8)10)9-4-2-6-17(9,15)16/h1,3,5,7,9H,2,4,6H2. The molecule has 0 amide bonds. The van der Waals surface area contributed by atoms with Crippen LogP contribution in [0.2, 0.25) is 5.15 Å². The molecule has 1 saturated heterocycles. The highest BCUT2D eigenvalue weighted by Crippen LogP contribution is 2.34. The molecule has 6 heteroatoms. The van der Waals surface area contributed by atoms with Gasteiger partial charge in [-0.05, 0) is 25.0 Å². The molecule has 0 N–H and O–H groups in total. The van der Waals surface area contributed by atoms with E-state index in [2.05, 4.69) is 4.98 Å². The second kappa shape index (κ2) is 3.71. The molecule has 1 fully saturated rings. The Kier molecular flexibility index (Phi) is 2.41. The minimum absolute atomic E-state index is 0.247. The summed E-state index contributed by atoms with van der Waals surface area (Å²) >= 11 is 6.10. The van der Waals surface area contributed by atoms with Gasteiger partial charge in [0.05, 0.1) is 17.5 Å². The number of pyridine rings is 1. The fraction of sp³-hybridized carbons (Fsp3) is 0.364. The molecule has 0 spiro atoms. The van der Waals surface area contributed by atoms with Gasteiger partial charge in [-0.2, -0.15) is 0 Å². The molecule has 3 rings (SSSR count). The quantitative estimate of drug-likeness (QED) is 0.747. The van der Waals surface area contributed by atoms with Crippen molar-refractivity contribution in [2.45, 2.75) is 18.1 Å². The Labute approximate surface area is 104 Å².